The maximum absolute atomic E-state index is 12.7. The molecule has 0 aliphatic rings. The van der Waals surface area contributed by atoms with Crippen molar-refractivity contribution in [1.82, 2.24) is 4.90 Å². The molecular formula is C21H28N2O3. The van der Waals surface area contributed by atoms with Crippen molar-refractivity contribution in [2.75, 3.05) is 39.8 Å². The van der Waals surface area contributed by atoms with Crippen LogP contribution in [0.3, 0.4) is 0 Å². The summed E-state index contributed by atoms with van der Waals surface area (Å²) < 4.78 is 10.6. The van der Waals surface area contributed by atoms with Gasteiger partial charge in [-0.1, -0.05) is 18.2 Å². The molecule has 1 amide bonds. The van der Waals surface area contributed by atoms with E-state index in [0.29, 0.717) is 31.0 Å². The predicted molar refractivity (Wildman–Crippen MR) is 105 cm³/mol. The molecule has 0 saturated carbocycles. The number of amides is 1. The quantitative estimate of drug-likeness (QED) is 0.727. The number of nitrogens with zero attached hydrogens (tertiary/aromatic N) is 2. The maximum Gasteiger partial charge on any atom is 0.227 e. The smallest absolute Gasteiger partial charge is 0.227 e. The van der Waals surface area contributed by atoms with Crippen LogP contribution >= 0.6 is 0 Å². The number of likely N-dealkylation sites (N-methyl/N-ethyl adjacent to an activating group) is 1. The third-order valence-corrected chi connectivity index (χ3v) is 4.36. The molecule has 0 unspecified atom stereocenters. The van der Waals surface area contributed by atoms with E-state index in [1.807, 2.05) is 44.1 Å². The molecule has 26 heavy (non-hydrogen) atoms. The van der Waals surface area contributed by atoms with Gasteiger partial charge in [-0.15, -0.1) is 0 Å². The van der Waals surface area contributed by atoms with Crippen molar-refractivity contribution in [2.24, 2.45) is 0 Å². The minimum Gasteiger partial charge on any atom is -0.493 e. The summed E-state index contributed by atoms with van der Waals surface area (Å²) in [7, 11) is 7.22. The normalized spacial score (nSPS) is 10.3. The van der Waals surface area contributed by atoms with Crippen LogP contribution in [0.15, 0.2) is 42.5 Å². The number of rotatable bonds is 8. The summed E-state index contributed by atoms with van der Waals surface area (Å²) in [6, 6.07) is 13.9. The molecule has 2 rings (SSSR count). The van der Waals surface area contributed by atoms with Crippen molar-refractivity contribution in [3.05, 3.63) is 53.6 Å². The Hall–Kier alpha value is -2.69. The number of methoxy groups -OCH3 is 2. The molecule has 0 fully saturated rings. The third kappa shape index (κ3) is 4.91. The summed E-state index contributed by atoms with van der Waals surface area (Å²) in [6.45, 7) is 3.28. The number of hydrogen-bond acceptors (Lipinski definition) is 4. The molecule has 5 nitrogen and oxygen atoms in total. The molecule has 0 spiro atoms. The van der Waals surface area contributed by atoms with E-state index in [1.54, 1.807) is 14.2 Å². The highest BCUT2D eigenvalue weighted by Gasteiger charge is 2.14. The summed E-state index contributed by atoms with van der Waals surface area (Å²) in [4.78, 5) is 16.6. The molecular weight excluding hydrogens is 328 g/mol. The van der Waals surface area contributed by atoms with Crippen molar-refractivity contribution < 1.29 is 14.3 Å². The lowest BCUT2D eigenvalue weighted by molar-refractivity contribution is -0.130. The second-order valence-electron chi connectivity index (χ2n) is 6.33. The average Bonchev–Trinajstić information content (AvgIpc) is 2.66. The van der Waals surface area contributed by atoms with E-state index >= 15 is 0 Å². The number of benzene rings is 2. The largest absolute Gasteiger partial charge is 0.493 e. The molecule has 5 heteroatoms. The van der Waals surface area contributed by atoms with E-state index in [1.165, 1.54) is 0 Å². The van der Waals surface area contributed by atoms with Gasteiger partial charge < -0.3 is 19.3 Å². The van der Waals surface area contributed by atoms with Crippen LogP contribution in [0.5, 0.6) is 11.5 Å². The van der Waals surface area contributed by atoms with E-state index in [0.717, 1.165) is 16.8 Å². The van der Waals surface area contributed by atoms with Crippen LogP contribution in [0, 0.1) is 0 Å². The number of anilines is 1. The molecule has 0 atom stereocenters. The van der Waals surface area contributed by atoms with Crippen LogP contribution in [0.2, 0.25) is 0 Å². The molecule has 2 aromatic carbocycles. The molecule has 0 aliphatic heterocycles. The molecule has 140 valence electrons. The highest BCUT2D eigenvalue weighted by molar-refractivity contribution is 5.79. The standard InChI is InChI=1S/C21H28N2O3/c1-6-23(15-16-7-10-18(11-8-16)22(2)3)21(24)14-17-9-12-19(25-4)20(13-17)26-5/h7-13H,6,14-15H2,1-5H3. The fourth-order valence-corrected chi connectivity index (χ4v) is 2.77. The van der Waals surface area contributed by atoms with Crippen LogP contribution in [-0.2, 0) is 17.8 Å². The van der Waals surface area contributed by atoms with Gasteiger partial charge in [-0.3, -0.25) is 4.79 Å². The molecule has 0 aliphatic carbocycles. The zero-order valence-corrected chi connectivity index (χ0v) is 16.3. The van der Waals surface area contributed by atoms with Gasteiger partial charge >= 0.3 is 0 Å². The SMILES string of the molecule is CCN(Cc1ccc(N(C)C)cc1)C(=O)Cc1ccc(OC)c(OC)c1. The van der Waals surface area contributed by atoms with Crippen LogP contribution in [-0.4, -0.2) is 45.7 Å². The average molecular weight is 356 g/mol. The molecule has 0 aromatic heterocycles. The third-order valence-electron chi connectivity index (χ3n) is 4.36. The Bertz CT molecular complexity index is 727. The Labute approximate surface area is 156 Å². The lowest BCUT2D eigenvalue weighted by Gasteiger charge is -2.22. The zero-order valence-electron chi connectivity index (χ0n) is 16.3. The minimum absolute atomic E-state index is 0.0939. The number of ether oxygens (including phenoxy) is 2. The van der Waals surface area contributed by atoms with Gasteiger partial charge in [0.2, 0.25) is 5.91 Å². The lowest BCUT2D eigenvalue weighted by atomic mass is 10.1. The Morgan fingerprint density at radius 1 is 0.923 bits per heavy atom. The monoisotopic (exact) mass is 356 g/mol. The highest BCUT2D eigenvalue weighted by Crippen LogP contribution is 2.28. The van der Waals surface area contributed by atoms with Crippen LogP contribution in [0.25, 0.3) is 0 Å². The van der Waals surface area contributed by atoms with Crippen molar-refractivity contribution in [2.45, 2.75) is 19.9 Å². The summed E-state index contributed by atoms with van der Waals surface area (Å²) in [6.07, 6.45) is 0.337. The van der Waals surface area contributed by atoms with Gasteiger partial charge in [0.25, 0.3) is 0 Å². The van der Waals surface area contributed by atoms with E-state index in [2.05, 4.69) is 29.2 Å². The zero-order chi connectivity index (χ0) is 19.1. The van der Waals surface area contributed by atoms with Gasteiger partial charge in [-0.05, 0) is 42.3 Å². The second kappa shape index (κ2) is 9.13. The molecule has 2 aromatic rings. The number of hydrogen-bond donors (Lipinski definition) is 0. The van der Waals surface area contributed by atoms with Crippen molar-refractivity contribution in [3.8, 4) is 11.5 Å². The van der Waals surface area contributed by atoms with Crippen molar-refractivity contribution in [1.29, 1.82) is 0 Å². The van der Waals surface area contributed by atoms with Gasteiger partial charge in [-0.25, -0.2) is 0 Å². The first kappa shape index (κ1) is 19.6. The van der Waals surface area contributed by atoms with Crippen molar-refractivity contribution in [3.63, 3.8) is 0 Å². The first-order valence-corrected chi connectivity index (χ1v) is 8.73. The Balaban J connectivity index is 2.06. The van der Waals surface area contributed by atoms with Gasteiger partial charge in [-0.2, -0.15) is 0 Å². The molecule has 0 heterocycles. The topological polar surface area (TPSA) is 42.0 Å². The Kier molecular flexibility index (Phi) is 6.89. The Morgan fingerprint density at radius 3 is 2.08 bits per heavy atom. The van der Waals surface area contributed by atoms with Gasteiger partial charge in [0.15, 0.2) is 11.5 Å². The molecule has 0 N–H and O–H groups in total. The summed E-state index contributed by atoms with van der Waals surface area (Å²) in [5.41, 5.74) is 3.18. The fraction of sp³-hybridized carbons (Fsp3) is 0.381. The van der Waals surface area contributed by atoms with Crippen molar-refractivity contribution >= 4 is 11.6 Å². The fourth-order valence-electron chi connectivity index (χ4n) is 2.77. The molecule has 0 saturated heterocycles. The minimum atomic E-state index is 0.0939. The number of carbonyl (C=O) groups is 1. The molecule has 0 bridgehead atoms. The second-order valence-corrected chi connectivity index (χ2v) is 6.33. The van der Waals surface area contributed by atoms with E-state index in [4.69, 9.17) is 9.47 Å². The summed E-state index contributed by atoms with van der Waals surface area (Å²) in [5, 5.41) is 0. The predicted octanol–water partition coefficient (Wildman–Crippen LogP) is 3.36. The Morgan fingerprint density at radius 2 is 1.54 bits per heavy atom. The van der Waals surface area contributed by atoms with Gasteiger partial charge in [0.1, 0.15) is 0 Å². The van der Waals surface area contributed by atoms with Crippen LogP contribution in [0.1, 0.15) is 18.1 Å². The maximum atomic E-state index is 12.7. The van der Waals surface area contributed by atoms with Crippen LogP contribution in [0.4, 0.5) is 5.69 Å². The van der Waals surface area contributed by atoms with Gasteiger partial charge in [0, 0.05) is 32.9 Å². The number of carbonyl (C=O) groups excluding carboxylic acids is 1. The summed E-state index contributed by atoms with van der Waals surface area (Å²) >= 11 is 0. The highest BCUT2D eigenvalue weighted by atomic mass is 16.5. The van der Waals surface area contributed by atoms with Gasteiger partial charge in [0.05, 0.1) is 20.6 Å². The first-order chi connectivity index (χ1) is 12.5. The van der Waals surface area contributed by atoms with E-state index < -0.39 is 0 Å². The van der Waals surface area contributed by atoms with Crippen LogP contribution < -0.4 is 14.4 Å². The molecule has 0 radical (unpaired) electrons. The summed E-state index contributed by atoms with van der Waals surface area (Å²) in [5.74, 6) is 1.40. The first-order valence-electron chi connectivity index (χ1n) is 8.73. The van der Waals surface area contributed by atoms with E-state index in [9.17, 15) is 4.79 Å². The lowest BCUT2D eigenvalue weighted by Crippen LogP contribution is -2.31. The van der Waals surface area contributed by atoms with E-state index in [-0.39, 0.29) is 5.91 Å².